The molecule has 0 aliphatic heterocycles. The van der Waals surface area contributed by atoms with Crippen LogP contribution >= 0.6 is 0 Å². The van der Waals surface area contributed by atoms with Crippen LogP contribution in [0.4, 0.5) is 0 Å². The van der Waals surface area contributed by atoms with Crippen LogP contribution in [-0.4, -0.2) is 24.3 Å². The largest absolute Gasteiger partial charge is 0.454 e. The number of fused-ring (bicyclic) bond motifs is 1. The zero-order valence-corrected chi connectivity index (χ0v) is 16.7. The molecule has 6 heteroatoms. The average molecular weight is 414 g/mol. The number of ketones is 1. The molecule has 0 aliphatic carbocycles. The third-order valence-electron chi connectivity index (χ3n) is 4.60. The predicted molar refractivity (Wildman–Crippen MR) is 114 cm³/mol. The van der Waals surface area contributed by atoms with Gasteiger partial charge in [-0.3, -0.25) is 9.59 Å². The number of esters is 2. The molecule has 0 unspecified atom stereocenters. The summed E-state index contributed by atoms with van der Waals surface area (Å²) < 4.78 is 15.7. The zero-order chi connectivity index (χ0) is 21.8. The van der Waals surface area contributed by atoms with E-state index >= 15 is 0 Å². The highest BCUT2D eigenvalue weighted by Gasteiger charge is 2.16. The first kappa shape index (κ1) is 20.1. The first-order chi connectivity index (χ1) is 15.0. The standard InChI is InChI=1S/C25H18O6/c1-16(26)30-21-12-10-18(11-13-21)17-6-8-19(9-7-17)25(28)29-15-22(27)24-14-20-4-2-3-5-23(20)31-24/h2-14H,15H2,1H3. The minimum absolute atomic E-state index is 0.154. The fraction of sp³-hybridized carbons (Fsp3) is 0.0800. The Labute approximate surface area is 178 Å². The van der Waals surface area contributed by atoms with Crippen molar-refractivity contribution in [1.29, 1.82) is 0 Å². The van der Waals surface area contributed by atoms with Crippen LogP contribution in [0.5, 0.6) is 5.75 Å². The van der Waals surface area contributed by atoms with E-state index in [1.165, 1.54) is 6.92 Å². The normalized spacial score (nSPS) is 10.6. The van der Waals surface area contributed by atoms with Crippen molar-refractivity contribution in [1.82, 2.24) is 0 Å². The molecule has 0 amide bonds. The second-order valence-corrected chi connectivity index (χ2v) is 6.84. The van der Waals surface area contributed by atoms with Crippen LogP contribution in [0.15, 0.2) is 83.3 Å². The SMILES string of the molecule is CC(=O)Oc1ccc(-c2ccc(C(=O)OCC(=O)c3cc4ccccc4o3)cc2)cc1. The molecule has 0 spiro atoms. The van der Waals surface area contributed by atoms with Gasteiger partial charge in [-0.1, -0.05) is 42.5 Å². The number of hydrogen-bond acceptors (Lipinski definition) is 6. The highest BCUT2D eigenvalue weighted by atomic mass is 16.5. The van der Waals surface area contributed by atoms with E-state index in [1.54, 1.807) is 48.5 Å². The average Bonchev–Trinajstić information content (AvgIpc) is 3.22. The highest BCUT2D eigenvalue weighted by molar-refractivity contribution is 6.00. The van der Waals surface area contributed by atoms with Crippen molar-refractivity contribution in [3.63, 3.8) is 0 Å². The quantitative estimate of drug-likeness (QED) is 0.249. The number of para-hydroxylation sites is 1. The van der Waals surface area contributed by atoms with Gasteiger partial charge in [-0.05, 0) is 47.5 Å². The Bertz CT molecular complexity index is 1220. The van der Waals surface area contributed by atoms with Gasteiger partial charge in [0, 0.05) is 12.3 Å². The summed E-state index contributed by atoms with van der Waals surface area (Å²) in [5.41, 5.74) is 2.71. The lowest BCUT2D eigenvalue weighted by atomic mass is 10.0. The molecule has 0 N–H and O–H groups in total. The fourth-order valence-corrected chi connectivity index (χ4v) is 3.09. The molecule has 1 heterocycles. The third-order valence-corrected chi connectivity index (χ3v) is 4.60. The lowest BCUT2D eigenvalue weighted by Crippen LogP contribution is -2.13. The van der Waals surface area contributed by atoms with Crippen molar-refractivity contribution in [2.45, 2.75) is 6.92 Å². The van der Waals surface area contributed by atoms with Gasteiger partial charge >= 0.3 is 11.9 Å². The Kier molecular flexibility index (Phi) is 5.62. The summed E-state index contributed by atoms with van der Waals surface area (Å²) in [6, 6.07) is 22.7. The second-order valence-electron chi connectivity index (χ2n) is 6.84. The maximum absolute atomic E-state index is 12.3. The second kappa shape index (κ2) is 8.67. The molecule has 4 aromatic rings. The molecule has 0 saturated carbocycles. The highest BCUT2D eigenvalue weighted by Crippen LogP contribution is 2.23. The maximum Gasteiger partial charge on any atom is 0.338 e. The lowest BCUT2D eigenvalue weighted by Gasteiger charge is -2.06. The molecule has 0 atom stereocenters. The Morgan fingerprint density at radius 2 is 1.48 bits per heavy atom. The summed E-state index contributed by atoms with van der Waals surface area (Å²) in [6.07, 6.45) is 0. The van der Waals surface area contributed by atoms with Crippen LogP contribution in [0.3, 0.4) is 0 Å². The Hall–Kier alpha value is -4.19. The molecule has 31 heavy (non-hydrogen) atoms. The van der Waals surface area contributed by atoms with Crippen LogP contribution < -0.4 is 4.74 Å². The van der Waals surface area contributed by atoms with Gasteiger partial charge < -0.3 is 13.9 Å². The van der Waals surface area contributed by atoms with Crippen LogP contribution in [0, 0.1) is 0 Å². The molecule has 0 fully saturated rings. The Balaban J connectivity index is 1.37. The molecule has 6 nitrogen and oxygen atoms in total. The number of ether oxygens (including phenoxy) is 2. The number of carbonyl (C=O) groups excluding carboxylic acids is 3. The van der Waals surface area contributed by atoms with E-state index in [4.69, 9.17) is 13.9 Å². The van der Waals surface area contributed by atoms with Crippen LogP contribution in [0.25, 0.3) is 22.1 Å². The summed E-state index contributed by atoms with van der Waals surface area (Å²) >= 11 is 0. The molecule has 1 aromatic heterocycles. The van der Waals surface area contributed by atoms with E-state index in [1.807, 2.05) is 30.3 Å². The van der Waals surface area contributed by atoms with Gasteiger partial charge in [-0.2, -0.15) is 0 Å². The van der Waals surface area contributed by atoms with Crippen LogP contribution in [-0.2, 0) is 9.53 Å². The minimum Gasteiger partial charge on any atom is -0.454 e. The van der Waals surface area contributed by atoms with Crippen molar-refractivity contribution < 1.29 is 28.3 Å². The van der Waals surface area contributed by atoms with E-state index in [9.17, 15) is 14.4 Å². The van der Waals surface area contributed by atoms with Crippen LogP contribution in [0.1, 0.15) is 27.8 Å². The number of hydrogen-bond donors (Lipinski definition) is 0. The maximum atomic E-state index is 12.3. The molecule has 4 rings (SSSR count). The summed E-state index contributed by atoms with van der Waals surface area (Å²) in [4.78, 5) is 35.6. The van der Waals surface area contributed by atoms with E-state index in [0.717, 1.165) is 16.5 Å². The fourth-order valence-electron chi connectivity index (χ4n) is 3.09. The molecule has 3 aromatic carbocycles. The molecule has 0 bridgehead atoms. The zero-order valence-electron chi connectivity index (χ0n) is 16.7. The number of rotatable bonds is 6. The first-order valence-corrected chi connectivity index (χ1v) is 9.57. The Morgan fingerprint density at radius 1 is 0.839 bits per heavy atom. The van der Waals surface area contributed by atoms with Gasteiger partial charge in [-0.15, -0.1) is 0 Å². The first-order valence-electron chi connectivity index (χ1n) is 9.57. The van der Waals surface area contributed by atoms with Crippen molar-refractivity contribution in [2.24, 2.45) is 0 Å². The summed E-state index contributed by atoms with van der Waals surface area (Å²) in [6.45, 7) is 0.938. The van der Waals surface area contributed by atoms with Gasteiger partial charge in [0.2, 0.25) is 5.78 Å². The number of benzene rings is 3. The molecule has 154 valence electrons. The molecule has 0 aliphatic rings. The topological polar surface area (TPSA) is 82.8 Å². The van der Waals surface area contributed by atoms with Gasteiger partial charge in [0.1, 0.15) is 11.3 Å². The Morgan fingerprint density at radius 3 is 2.13 bits per heavy atom. The van der Waals surface area contributed by atoms with Crippen molar-refractivity contribution in [3.05, 3.63) is 90.2 Å². The summed E-state index contributed by atoms with van der Waals surface area (Å²) in [5, 5.41) is 0.814. The van der Waals surface area contributed by atoms with Crippen molar-refractivity contribution >= 4 is 28.7 Å². The van der Waals surface area contributed by atoms with E-state index in [2.05, 4.69) is 0 Å². The number of Topliss-reactive ketones (excluding diaryl/α,β-unsaturated/α-hetero) is 1. The lowest BCUT2D eigenvalue weighted by molar-refractivity contribution is -0.131. The van der Waals surface area contributed by atoms with E-state index in [-0.39, 0.29) is 11.7 Å². The minimum atomic E-state index is -0.596. The predicted octanol–water partition coefficient (Wildman–Crippen LogP) is 5.06. The molecular weight excluding hydrogens is 396 g/mol. The molecular formula is C25H18O6. The molecule has 0 radical (unpaired) electrons. The van der Waals surface area contributed by atoms with E-state index < -0.39 is 18.4 Å². The van der Waals surface area contributed by atoms with Gasteiger partial charge in [-0.25, -0.2) is 4.79 Å². The van der Waals surface area contributed by atoms with Crippen molar-refractivity contribution in [3.8, 4) is 16.9 Å². The monoisotopic (exact) mass is 414 g/mol. The van der Waals surface area contributed by atoms with Crippen LogP contribution in [0.2, 0.25) is 0 Å². The van der Waals surface area contributed by atoms with Gasteiger partial charge in [0.25, 0.3) is 0 Å². The third kappa shape index (κ3) is 4.70. The number of carbonyl (C=O) groups is 3. The molecule has 0 saturated heterocycles. The summed E-state index contributed by atoms with van der Waals surface area (Å²) in [7, 11) is 0. The smallest absolute Gasteiger partial charge is 0.338 e. The summed E-state index contributed by atoms with van der Waals surface area (Å²) in [5.74, 6) is -0.767. The van der Waals surface area contributed by atoms with E-state index in [0.29, 0.717) is 16.9 Å². The number of furan rings is 1. The van der Waals surface area contributed by atoms with Crippen molar-refractivity contribution in [2.75, 3.05) is 6.61 Å². The van der Waals surface area contributed by atoms with Gasteiger partial charge in [0.15, 0.2) is 12.4 Å². The van der Waals surface area contributed by atoms with Gasteiger partial charge in [0.05, 0.1) is 5.56 Å².